The number of aryl methyl sites for hydroxylation is 3. The molecule has 146 valence electrons. The summed E-state index contributed by atoms with van der Waals surface area (Å²) in [6, 6.07) is 10.7. The van der Waals surface area contributed by atoms with Gasteiger partial charge in [-0.15, -0.1) is 0 Å². The molecule has 4 rings (SSSR count). The predicted octanol–water partition coefficient (Wildman–Crippen LogP) is 2.03. The van der Waals surface area contributed by atoms with Gasteiger partial charge in [-0.05, 0) is 49.3 Å². The summed E-state index contributed by atoms with van der Waals surface area (Å²) < 4.78 is 2.23. The number of H-pyrrole nitrogens is 1. The number of hydrogen-bond donors (Lipinski definition) is 2. The standard InChI is InChI=1S/C23H24N2O2.BrH/c1-15-19-14-25(12-7-3-4-10-21(26)27)13-11-17(19)16(2)23-22(15)18-8-5-6-9-20(18)24-23;/h5-6,8-9,11,13-14H,3-4,7,10,12H2,1-2H3,(H,26,27);1H. The lowest BCUT2D eigenvalue weighted by atomic mass is 9.97. The zero-order valence-electron chi connectivity index (χ0n) is 16.3. The fourth-order valence-electron chi connectivity index (χ4n) is 4.13. The molecular formula is C23H25BrN2O2. The number of rotatable bonds is 6. The van der Waals surface area contributed by atoms with E-state index >= 15 is 0 Å². The normalized spacial score (nSPS) is 11.2. The van der Waals surface area contributed by atoms with Crippen molar-refractivity contribution in [3.63, 3.8) is 0 Å². The number of benzene rings is 2. The van der Waals surface area contributed by atoms with Crippen LogP contribution in [0.1, 0.15) is 36.8 Å². The van der Waals surface area contributed by atoms with E-state index in [0.29, 0.717) is 0 Å². The molecular weight excluding hydrogens is 416 g/mol. The van der Waals surface area contributed by atoms with Gasteiger partial charge in [-0.3, -0.25) is 4.79 Å². The largest absolute Gasteiger partial charge is 1.00 e. The van der Waals surface area contributed by atoms with Gasteiger partial charge >= 0.3 is 5.97 Å². The van der Waals surface area contributed by atoms with Crippen LogP contribution in [0.5, 0.6) is 0 Å². The number of halogens is 1. The summed E-state index contributed by atoms with van der Waals surface area (Å²) in [7, 11) is 0. The number of unbranched alkanes of at least 4 members (excludes halogenated alkanes) is 2. The quantitative estimate of drug-likeness (QED) is 0.356. The molecule has 2 aromatic carbocycles. The predicted molar refractivity (Wildman–Crippen MR) is 109 cm³/mol. The van der Waals surface area contributed by atoms with Crippen LogP contribution in [-0.4, -0.2) is 16.1 Å². The molecule has 0 spiro atoms. The molecule has 0 aliphatic rings. The molecule has 0 saturated heterocycles. The van der Waals surface area contributed by atoms with E-state index < -0.39 is 5.97 Å². The van der Waals surface area contributed by atoms with E-state index in [-0.39, 0.29) is 23.4 Å². The maximum Gasteiger partial charge on any atom is 0.303 e. The Labute approximate surface area is 175 Å². The molecule has 2 N–H and O–H groups in total. The Kier molecular flexibility index (Phi) is 6.04. The van der Waals surface area contributed by atoms with Crippen LogP contribution in [0.3, 0.4) is 0 Å². The highest BCUT2D eigenvalue weighted by molar-refractivity contribution is 6.16. The van der Waals surface area contributed by atoms with Gasteiger partial charge in [0.15, 0.2) is 12.4 Å². The van der Waals surface area contributed by atoms with Gasteiger partial charge < -0.3 is 27.1 Å². The van der Waals surface area contributed by atoms with Crippen LogP contribution < -0.4 is 21.5 Å². The molecule has 0 saturated carbocycles. The van der Waals surface area contributed by atoms with Crippen molar-refractivity contribution in [3.8, 4) is 0 Å². The van der Waals surface area contributed by atoms with Crippen LogP contribution in [0.25, 0.3) is 32.6 Å². The number of aromatic amines is 1. The van der Waals surface area contributed by atoms with Gasteiger partial charge in [0.25, 0.3) is 0 Å². The van der Waals surface area contributed by atoms with E-state index in [0.717, 1.165) is 25.8 Å². The van der Waals surface area contributed by atoms with Crippen molar-refractivity contribution in [1.29, 1.82) is 0 Å². The average Bonchev–Trinajstić information content (AvgIpc) is 3.05. The molecule has 28 heavy (non-hydrogen) atoms. The van der Waals surface area contributed by atoms with Crippen LogP contribution in [0.4, 0.5) is 0 Å². The Balaban J connectivity index is 0.00000225. The van der Waals surface area contributed by atoms with Gasteiger partial charge in [0.2, 0.25) is 0 Å². The fraction of sp³-hybridized carbons (Fsp3) is 0.304. The number of fused-ring (bicyclic) bond motifs is 4. The Bertz CT molecular complexity index is 1160. The van der Waals surface area contributed by atoms with Crippen molar-refractivity contribution in [2.45, 2.75) is 46.1 Å². The maximum absolute atomic E-state index is 10.6. The number of carbonyl (C=O) groups is 1. The highest BCUT2D eigenvalue weighted by Crippen LogP contribution is 2.35. The van der Waals surface area contributed by atoms with Crippen molar-refractivity contribution in [1.82, 2.24) is 4.98 Å². The highest BCUT2D eigenvalue weighted by atomic mass is 79.9. The molecule has 4 aromatic rings. The number of aliphatic carboxylic acids is 1. The molecule has 2 aromatic heterocycles. The average molecular weight is 441 g/mol. The second-order valence-corrected chi connectivity index (χ2v) is 7.38. The molecule has 0 amide bonds. The molecule has 0 unspecified atom stereocenters. The van der Waals surface area contributed by atoms with Gasteiger partial charge in [0, 0.05) is 40.6 Å². The van der Waals surface area contributed by atoms with Crippen LogP contribution in [-0.2, 0) is 11.3 Å². The second-order valence-electron chi connectivity index (χ2n) is 7.38. The summed E-state index contributed by atoms with van der Waals surface area (Å²) in [6.45, 7) is 5.32. The topological polar surface area (TPSA) is 57.0 Å². The van der Waals surface area contributed by atoms with Gasteiger partial charge in [0.05, 0.1) is 5.52 Å². The number of nitrogens with one attached hydrogen (secondary N) is 1. The van der Waals surface area contributed by atoms with Gasteiger partial charge in [0.1, 0.15) is 6.54 Å². The number of carboxylic acid groups (broad SMARTS) is 1. The van der Waals surface area contributed by atoms with Gasteiger partial charge in [-0.2, -0.15) is 0 Å². The second kappa shape index (κ2) is 8.31. The molecule has 4 nitrogen and oxygen atoms in total. The first-order chi connectivity index (χ1) is 13.1. The molecule has 2 heterocycles. The lowest BCUT2D eigenvalue weighted by molar-refractivity contribution is -0.696. The van der Waals surface area contributed by atoms with Gasteiger partial charge in [-0.25, -0.2) is 4.57 Å². The van der Waals surface area contributed by atoms with E-state index in [1.165, 1.54) is 43.7 Å². The highest BCUT2D eigenvalue weighted by Gasteiger charge is 2.16. The first-order valence-corrected chi connectivity index (χ1v) is 9.60. The molecule has 0 radical (unpaired) electrons. The third-order valence-corrected chi connectivity index (χ3v) is 5.59. The van der Waals surface area contributed by atoms with Crippen molar-refractivity contribution in [2.24, 2.45) is 0 Å². The third-order valence-electron chi connectivity index (χ3n) is 5.59. The Hall–Kier alpha value is -2.40. The smallest absolute Gasteiger partial charge is 0.303 e. The summed E-state index contributed by atoms with van der Waals surface area (Å²) in [6.07, 6.45) is 7.33. The first-order valence-electron chi connectivity index (χ1n) is 9.60. The van der Waals surface area contributed by atoms with Crippen LogP contribution >= 0.6 is 0 Å². The van der Waals surface area contributed by atoms with E-state index in [1.807, 2.05) is 0 Å². The van der Waals surface area contributed by atoms with Crippen molar-refractivity contribution < 1.29 is 31.4 Å². The fourth-order valence-corrected chi connectivity index (χ4v) is 4.13. The van der Waals surface area contributed by atoms with Crippen molar-refractivity contribution >= 4 is 38.5 Å². The number of nitrogens with zero attached hydrogens (tertiary/aromatic N) is 1. The van der Waals surface area contributed by atoms with E-state index in [1.54, 1.807) is 0 Å². The van der Waals surface area contributed by atoms with Gasteiger partial charge in [-0.1, -0.05) is 18.2 Å². The van der Waals surface area contributed by atoms with Crippen molar-refractivity contribution in [2.75, 3.05) is 0 Å². The first kappa shape index (κ1) is 20.3. The molecule has 0 fully saturated rings. The van der Waals surface area contributed by atoms with Crippen molar-refractivity contribution in [3.05, 3.63) is 53.9 Å². The van der Waals surface area contributed by atoms with Crippen LogP contribution in [0.2, 0.25) is 0 Å². The summed E-state index contributed by atoms with van der Waals surface area (Å²) in [5.41, 5.74) is 5.01. The lowest BCUT2D eigenvalue weighted by Crippen LogP contribution is -3.00. The summed E-state index contributed by atoms with van der Waals surface area (Å²) in [5.74, 6) is -0.706. The molecule has 0 aliphatic carbocycles. The molecule has 0 atom stereocenters. The number of carboxylic acids is 1. The summed E-state index contributed by atoms with van der Waals surface area (Å²) >= 11 is 0. The zero-order valence-corrected chi connectivity index (χ0v) is 17.8. The minimum absolute atomic E-state index is 0. The van der Waals surface area contributed by atoms with E-state index in [9.17, 15) is 4.79 Å². The molecule has 0 aliphatic heterocycles. The number of pyridine rings is 1. The minimum atomic E-state index is -0.706. The minimum Gasteiger partial charge on any atom is -1.00 e. The number of para-hydroxylation sites is 1. The maximum atomic E-state index is 10.6. The Morgan fingerprint density at radius 1 is 1.00 bits per heavy atom. The lowest BCUT2D eigenvalue weighted by Gasteiger charge is -2.08. The SMILES string of the molecule is Cc1c2cc[n+](CCCCCC(=O)O)cc2c(C)c2c1[nH]c1ccccc12.[Br-]. The number of aromatic nitrogens is 2. The van der Waals surface area contributed by atoms with Crippen LogP contribution in [0, 0.1) is 13.8 Å². The zero-order chi connectivity index (χ0) is 19.0. The number of hydrogen-bond acceptors (Lipinski definition) is 1. The van der Waals surface area contributed by atoms with E-state index in [4.69, 9.17) is 5.11 Å². The Morgan fingerprint density at radius 2 is 1.79 bits per heavy atom. The summed E-state index contributed by atoms with van der Waals surface area (Å²) in [4.78, 5) is 14.2. The van der Waals surface area contributed by atoms with Crippen LogP contribution in [0.15, 0.2) is 42.7 Å². The molecule has 0 bridgehead atoms. The third kappa shape index (κ3) is 3.63. The van der Waals surface area contributed by atoms with E-state index in [2.05, 4.69) is 66.1 Å². The molecule has 5 heteroatoms. The Morgan fingerprint density at radius 3 is 2.57 bits per heavy atom. The summed E-state index contributed by atoms with van der Waals surface area (Å²) in [5, 5.41) is 13.9. The monoisotopic (exact) mass is 440 g/mol.